The van der Waals surface area contributed by atoms with E-state index in [2.05, 4.69) is 20.3 Å². The smallest absolute Gasteiger partial charge is 0.355 e. The molecule has 3 N–H and O–H groups in total. The van der Waals surface area contributed by atoms with E-state index in [1.807, 2.05) is 12.1 Å². The predicted octanol–water partition coefficient (Wildman–Crippen LogP) is 3.82. The Morgan fingerprint density at radius 1 is 1.07 bits per heavy atom. The average molecular weight is 429 g/mol. The van der Waals surface area contributed by atoms with Crippen LogP contribution in [0.5, 0.6) is 5.75 Å². The second-order valence-corrected chi connectivity index (χ2v) is 6.78. The van der Waals surface area contributed by atoms with Crippen molar-refractivity contribution in [3.05, 3.63) is 69.2 Å². The van der Waals surface area contributed by atoms with Crippen LogP contribution in [0.2, 0.25) is 10.0 Å². The Hall–Kier alpha value is -3.36. The molecule has 4 aromatic rings. The van der Waals surface area contributed by atoms with Crippen LogP contribution in [0.3, 0.4) is 0 Å². The summed E-state index contributed by atoms with van der Waals surface area (Å²) in [6.45, 7) is 0. The first-order valence-corrected chi connectivity index (χ1v) is 9.14. The van der Waals surface area contributed by atoms with Gasteiger partial charge in [0.2, 0.25) is 5.95 Å². The zero-order valence-electron chi connectivity index (χ0n) is 15.1. The number of hydrogen-bond acceptors (Lipinski definition) is 7. The zero-order valence-corrected chi connectivity index (χ0v) is 16.6. The number of aromatic nitrogens is 4. The van der Waals surface area contributed by atoms with Crippen molar-refractivity contribution in [1.29, 1.82) is 0 Å². The summed E-state index contributed by atoms with van der Waals surface area (Å²) in [7, 11) is 1.59. The quantitative estimate of drug-likeness (QED) is 0.508. The van der Waals surface area contributed by atoms with Gasteiger partial charge < -0.3 is 15.8 Å². The molecule has 0 bridgehead atoms. The molecule has 0 radical (unpaired) electrons. The summed E-state index contributed by atoms with van der Waals surface area (Å²) in [5, 5.41) is 3.97. The van der Waals surface area contributed by atoms with Crippen LogP contribution < -0.4 is 21.5 Å². The van der Waals surface area contributed by atoms with E-state index in [-0.39, 0.29) is 33.1 Å². The van der Waals surface area contributed by atoms with Crippen molar-refractivity contribution >= 4 is 51.7 Å². The van der Waals surface area contributed by atoms with Crippen LogP contribution in [-0.4, -0.2) is 26.6 Å². The molecule has 4 rings (SSSR count). The fraction of sp³-hybridized carbons (Fsp3) is 0.0526. The molecule has 0 aliphatic heterocycles. The van der Waals surface area contributed by atoms with Crippen molar-refractivity contribution in [3.63, 3.8) is 0 Å². The van der Waals surface area contributed by atoms with Gasteiger partial charge in [-0.15, -0.1) is 0 Å². The van der Waals surface area contributed by atoms with Gasteiger partial charge in [-0.05, 0) is 36.4 Å². The van der Waals surface area contributed by atoms with Crippen molar-refractivity contribution in [2.75, 3.05) is 18.2 Å². The van der Waals surface area contributed by atoms with Crippen molar-refractivity contribution in [1.82, 2.24) is 19.5 Å². The first kappa shape index (κ1) is 19.0. The monoisotopic (exact) mass is 428 g/mol. The normalized spacial score (nSPS) is 10.9. The molecule has 8 nitrogen and oxygen atoms in total. The van der Waals surface area contributed by atoms with E-state index in [4.69, 9.17) is 33.7 Å². The maximum absolute atomic E-state index is 12.7. The highest BCUT2D eigenvalue weighted by molar-refractivity contribution is 6.37. The number of nitrogens with two attached hydrogens (primary N) is 1. The van der Waals surface area contributed by atoms with Crippen LogP contribution in [0.15, 0.2) is 53.5 Å². The van der Waals surface area contributed by atoms with E-state index in [1.54, 1.807) is 37.4 Å². The van der Waals surface area contributed by atoms with E-state index in [0.717, 1.165) is 16.0 Å². The van der Waals surface area contributed by atoms with Crippen molar-refractivity contribution in [2.45, 2.75) is 0 Å². The maximum Gasteiger partial charge on any atom is 0.355 e. The molecule has 2 heterocycles. The average Bonchev–Trinajstić information content (AvgIpc) is 2.70. The molecule has 10 heteroatoms. The molecular formula is C19H14Cl2N6O2. The second kappa shape index (κ2) is 7.57. The molecule has 29 heavy (non-hydrogen) atoms. The van der Waals surface area contributed by atoms with Gasteiger partial charge in [0.1, 0.15) is 11.6 Å². The van der Waals surface area contributed by atoms with Gasteiger partial charge in [-0.1, -0.05) is 29.3 Å². The molecule has 0 aliphatic carbocycles. The minimum atomic E-state index is -0.654. The molecule has 0 fully saturated rings. The van der Waals surface area contributed by atoms with Crippen molar-refractivity contribution in [2.24, 2.45) is 0 Å². The van der Waals surface area contributed by atoms with E-state index in [0.29, 0.717) is 5.39 Å². The molecule has 0 aliphatic rings. The lowest BCUT2D eigenvalue weighted by molar-refractivity contribution is 0.415. The Labute approximate surface area is 174 Å². The van der Waals surface area contributed by atoms with Gasteiger partial charge in [-0.2, -0.15) is 9.97 Å². The van der Waals surface area contributed by atoms with Gasteiger partial charge in [-0.3, -0.25) is 0 Å². The van der Waals surface area contributed by atoms with Crippen LogP contribution in [0.4, 0.5) is 17.5 Å². The number of halogens is 2. The summed E-state index contributed by atoms with van der Waals surface area (Å²) in [5.41, 5.74) is 6.72. The lowest BCUT2D eigenvalue weighted by Crippen LogP contribution is -2.25. The zero-order chi connectivity index (χ0) is 20.5. The number of ether oxygens (including phenoxy) is 1. The Balaban J connectivity index is 1.78. The van der Waals surface area contributed by atoms with E-state index >= 15 is 0 Å². The van der Waals surface area contributed by atoms with E-state index in [9.17, 15) is 4.79 Å². The number of hydrogen-bond donors (Lipinski definition) is 2. The minimum absolute atomic E-state index is 0.0889. The van der Waals surface area contributed by atoms with Gasteiger partial charge in [-0.25, -0.2) is 14.3 Å². The summed E-state index contributed by atoms with van der Waals surface area (Å²) in [5.74, 6) is 1.08. The molecule has 0 saturated heterocycles. The third-order valence-corrected chi connectivity index (χ3v) is 4.80. The minimum Gasteiger partial charge on any atom is -0.497 e. The molecule has 0 unspecified atom stereocenters. The summed E-state index contributed by atoms with van der Waals surface area (Å²) in [4.78, 5) is 25.2. The van der Waals surface area contributed by atoms with Gasteiger partial charge in [0.05, 0.1) is 28.2 Å². The van der Waals surface area contributed by atoms with Gasteiger partial charge in [0, 0.05) is 11.9 Å². The number of nitrogens with one attached hydrogen (secondary N) is 1. The first-order valence-electron chi connectivity index (χ1n) is 8.38. The number of para-hydroxylation sites is 1. The summed E-state index contributed by atoms with van der Waals surface area (Å²) < 4.78 is 6.27. The van der Waals surface area contributed by atoms with Crippen LogP contribution in [0.1, 0.15) is 0 Å². The Morgan fingerprint density at radius 2 is 1.76 bits per heavy atom. The Kier molecular flexibility index (Phi) is 4.96. The standard InChI is InChI=1S/C19H14Cl2N6O2/c1-29-11-7-5-10(6-8-11)24-18-23-9-12-16(22)27(19(28)26-17(12)25-18)15-13(20)3-2-4-14(15)21/h2-9H,22H2,1H3,(H,24,25,26,28). The predicted molar refractivity (Wildman–Crippen MR) is 114 cm³/mol. The van der Waals surface area contributed by atoms with Gasteiger partial charge in [0.25, 0.3) is 0 Å². The van der Waals surface area contributed by atoms with Crippen molar-refractivity contribution in [3.8, 4) is 11.4 Å². The molecule has 0 saturated carbocycles. The summed E-state index contributed by atoms with van der Waals surface area (Å²) >= 11 is 12.4. The third kappa shape index (κ3) is 3.55. The molecule has 2 aromatic heterocycles. The number of nitrogens with zero attached hydrogens (tertiary/aromatic N) is 4. The molecule has 146 valence electrons. The summed E-state index contributed by atoms with van der Waals surface area (Å²) in [6, 6.07) is 12.1. The maximum atomic E-state index is 12.7. The lowest BCUT2D eigenvalue weighted by Gasteiger charge is -2.14. The second-order valence-electron chi connectivity index (χ2n) is 5.97. The Bertz CT molecular complexity index is 1250. The lowest BCUT2D eigenvalue weighted by atomic mass is 10.3. The number of anilines is 3. The number of methoxy groups -OCH3 is 1. The number of nitrogen functional groups attached to an aromatic ring is 1. The fourth-order valence-corrected chi connectivity index (χ4v) is 3.35. The van der Waals surface area contributed by atoms with Gasteiger partial charge in [0.15, 0.2) is 5.65 Å². The highest BCUT2D eigenvalue weighted by atomic mass is 35.5. The highest BCUT2D eigenvalue weighted by Crippen LogP contribution is 2.30. The number of fused-ring (bicyclic) bond motifs is 1. The molecule has 0 spiro atoms. The fourth-order valence-electron chi connectivity index (χ4n) is 2.79. The summed E-state index contributed by atoms with van der Waals surface area (Å²) in [6.07, 6.45) is 1.48. The highest BCUT2D eigenvalue weighted by Gasteiger charge is 2.17. The number of rotatable bonds is 4. The largest absolute Gasteiger partial charge is 0.497 e. The van der Waals surface area contributed by atoms with Crippen LogP contribution in [-0.2, 0) is 0 Å². The molecular weight excluding hydrogens is 415 g/mol. The van der Waals surface area contributed by atoms with Crippen molar-refractivity contribution < 1.29 is 4.74 Å². The van der Waals surface area contributed by atoms with E-state index < -0.39 is 5.69 Å². The topological polar surface area (TPSA) is 108 Å². The van der Waals surface area contributed by atoms with E-state index in [1.165, 1.54) is 6.20 Å². The van der Waals surface area contributed by atoms with Crippen LogP contribution in [0, 0.1) is 0 Å². The molecule has 2 aromatic carbocycles. The van der Waals surface area contributed by atoms with Gasteiger partial charge >= 0.3 is 5.69 Å². The van der Waals surface area contributed by atoms with Crippen LogP contribution >= 0.6 is 23.2 Å². The molecule has 0 atom stereocenters. The first-order chi connectivity index (χ1) is 14.0. The molecule has 0 amide bonds. The Morgan fingerprint density at radius 3 is 2.41 bits per heavy atom. The number of benzene rings is 2. The third-order valence-electron chi connectivity index (χ3n) is 4.19. The van der Waals surface area contributed by atoms with Crippen LogP contribution in [0.25, 0.3) is 16.7 Å². The SMILES string of the molecule is COc1ccc(Nc2ncc3c(N)n(-c4c(Cl)cccc4Cl)c(=O)nc3n2)cc1.